The number of hydrogen-bond acceptors (Lipinski definition) is 2. The van der Waals surface area contributed by atoms with Gasteiger partial charge in [-0.05, 0) is 37.3 Å². The first-order valence-corrected chi connectivity index (χ1v) is 6.92. The second-order valence-electron chi connectivity index (χ2n) is 5.19. The van der Waals surface area contributed by atoms with Crippen molar-refractivity contribution in [1.82, 2.24) is 10.6 Å². The highest BCUT2D eigenvalue weighted by atomic mass is 16.4. The van der Waals surface area contributed by atoms with Gasteiger partial charge in [-0.15, -0.1) is 0 Å². The summed E-state index contributed by atoms with van der Waals surface area (Å²) in [6.45, 7) is 2.19. The van der Waals surface area contributed by atoms with Crippen LogP contribution in [0.1, 0.15) is 42.0 Å². The average molecular weight is 276 g/mol. The van der Waals surface area contributed by atoms with E-state index in [2.05, 4.69) is 28.8 Å². The first kappa shape index (κ1) is 14.4. The zero-order chi connectivity index (χ0) is 14.5. The van der Waals surface area contributed by atoms with Gasteiger partial charge in [0.15, 0.2) is 0 Å². The van der Waals surface area contributed by atoms with Crippen molar-refractivity contribution >= 4 is 12.0 Å². The van der Waals surface area contributed by atoms with Crippen LogP contribution in [0.25, 0.3) is 0 Å². The number of aryl methyl sites for hydroxylation is 2. The molecule has 20 heavy (non-hydrogen) atoms. The summed E-state index contributed by atoms with van der Waals surface area (Å²) in [5.41, 5.74) is 3.66. The van der Waals surface area contributed by atoms with Crippen LogP contribution in [-0.4, -0.2) is 23.7 Å². The van der Waals surface area contributed by atoms with E-state index in [1.807, 2.05) is 6.92 Å². The molecule has 0 fully saturated rings. The van der Waals surface area contributed by atoms with Crippen LogP contribution in [0.5, 0.6) is 0 Å². The van der Waals surface area contributed by atoms with E-state index in [-0.39, 0.29) is 25.0 Å². The number of rotatable bonds is 4. The smallest absolute Gasteiger partial charge is 0.315 e. The summed E-state index contributed by atoms with van der Waals surface area (Å²) in [6.07, 6.45) is 2.96. The van der Waals surface area contributed by atoms with Crippen LogP contribution < -0.4 is 10.6 Å². The van der Waals surface area contributed by atoms with Crippen LogP contribution in [0.3, 0.4) is 0 Å². The van der Waals surface area contributed by atoms with Gasteiger partial charge in [-0.2, -0.15) is 0 Å². The van der Waals surface area contributed by atoms with Crippen LogP contribution in [0.4, 0.5) is 4.79 Å². The molecule has 1 aliphatic carbocycles. The van der Waals surface area contributed by atoms with E-state index in [0.717, 1.165) is 19.3 Å². The fourth-order valence-electron chi connectivity index (χ4n) is 2.56. The molecular weight excluding hydrogens is 256 g/mol. The van der Waals surface area contributed by atoms with Crippen LogP contribution in [0.15, 0.2) is 18.2 Å². The van der Waals surface area contributed by atoms with E-state index in [9.17, 15) is 9.59 Å². The molecule has 0 heterocycles. The zero-order valence-corrected chi connectivity index (χ0v) is 11.6. The van der Waals surface area contributed by atoms with Gasteiger partial charge in [-0.3, -0.25) is 4.79 Å². The predicted molar refractivity (Wildman–Crippen MR) is 75.6 cm³/mol. The van der Waals surface area contributed by atoms with E-state index >= 15 is 0 Å². The van der Waals surface area contributed by atoms with Gasteiger partial charge in [0.1, 0.15) is 0 Å². The third-order valence-corrected chi connectivity index (χ3v) is 3.55. The number of benzene rings is 1. The Morgan fingerprint density at radius 2 is 2.20 bits per heavy atom. The minimum Gasteiger partial charge on any atom is -0.481 e. The fraction of sp³-hybridized carbons (Fsp3) is 0.467. The third-order valence-electron chi connectivity index (χ3n) is 3.55. The molecule has 1 aromatic rings. The molecule has 0 unspecified atom stereocenters. The molecule has 108 valence electrons. The summed E-state index contributed by atoms with van der Waals surface area (Å²) in [7, 11) is 0. The highest BCUT2D eigenvalue weighted by molar-refractivity contribution is 5.75. The van der Waals surface area contributed by atoms with Crippen molar-refractivity contribution in [2.75, 3.05) is 6.54 Å². The number of nitrogens with one attached hydrogen (secondary N) is 2. The number of hydrogen-bond donors (Lipinski definition) is 3. The summed E-state index contributed by atoms with van der Waals surface area (Å²) in [4.78, 5) is 22.2. The number of amides is 2. The molecular formula is C15H20N2O3. The molecule has 0 saturated carbocycles. The van der Waals surface area contributed by atoms with Crippen LogP contribution in [0.2, 0.25) is 0 Å². The van der Waals surface area contributed by atoms with Gasteiger partial charge in [0, 0.05) is 6.54 Å². The van der Waals surface area contributed by atoms with E-state index in [1.54, 1.807) is 0 Å². The molecule has 2 amide bonds. The fourth-order valence-corrected chi connectivity index (χ4v) is 2.56. The number of urea groups is 1. The summed E-state index contributed by atoms with van der Waals surface area (Å²) >= 11 is 0. The molecule has 1 aromatic carbocycles. The molecule has 0 spiro atoms. The normalized spacial score (nSPS) is 17.1. The first-order chi connectivity index (χ1) is 9.56. The third kappa shape index (κ3) is 3.73. The maximum Gasteiger partial charge on any atom is 0.315 e. The summed E-state index contributed by atoms with van der Waals surface area (Å²) in [5.74, 6) is -0.913. The second-order valence-corrected chi connectivity index (χ2v) is 5.19. The number of carboxylic acid groups (broad SMARTS) is 1. The Kier molecular flexibility index (Phi) is 4.61. The van der Waals surface area contributed by atoms with Crippen molar-refractivity contribution in [3.05, 3.63) is 34.9 Å². The van der Waals surface area contributed by atoms with E-state index in [1.165, 1.54) is 16.7 Å². The van der Waals surface area contributed by atoms with Gasteiger partial charge in [0.05, 0.1) is 12.5 Å². The molecule has 1 atom stereocenters. The lowest BCUT2D eigenvalue weighted by Crippen LogP contribution is -2.39. The molecule has 0 saturated heterocycles. The topological polar surface area (TPSA) is 78.4 Å². The largest absolute Gasteiger partial charge is 0.481 e. The highest BCUT2D eigenvalue weighted by Gasteiger charge is 2.21. The molecule has 5 heteroatoms. The van der Waals surface area contributed by atoms with Crippen molar-refractivity contribution in [1.29, 1.82) is 0 Å². The number of carbonyl (C=O) groups is 2. The molecule has 0 aliphatic heterocycles. The van der Waals surface area contributed by atoms with E-state index in [4.69, 9.17) is 5.11 Å². The number of carboxylic acids is 1. The standard InChI is InChI=1S/C15H20N2O3/c1-10-5-6-11-3-2-4-13(12(11)9-10)17-15(20)16-8-7-14(18)19/h5-6,9,13H,2-4,7-8H2,1H3,(H,18,19)(H2,16,17,20)/t13-/m0/s1. The monoisotopic (exact) mass is 276 g/mol. The van der Waals surface area contributed by atoms with Crippen LogP contribution >= 0.6 is 0 Å². The van der Waals surface area contributed by atoms with Crippen molar-refractivity contribution in [3.8, 4) is 0 Å². The van der Waals surface area contributed by atoms with Gasteiger partial charge in [-0.1, -0.05) is 23.8 Å². The van der Waals surface area contributed by atoms with E-state index < -0.39 is 5.97 Å². The van der Waals surface area contributed by atoms with Crippen LogP contribution in [0, 0.1) is 6.92 Å². The predicted octanol–water partition coefficient (Wildman–Crippen LogP) is 2.15. The quantitative estimate of drug-likeness (QED) is 0.788. The van der Waals surface area contributed by atoms with Gasteiger partial charge >= 0.3 is 12.0 Å². The number of aliphatic carboxylic acids is 1. The minimum absolute atomic E-state index is 0.0171. The Balaban J connectivity index is 1.96. The van der Waals surface area contributed by atoms with Gasteiger partial charge in [0.2, 0.25) is 0 Å². The van der Waals surface area contributed by atoms with Crippen LogP contribution in [-0.2, 0) is 11.2 Å². The van der Waals surface area contributed by atoms with E-state index in [0.29, 0.717) is 0 Å². The Morgan fingerprint density at radius 3 is 2.95 bits per heavy atom. The number of carbonyl (C=O) groups excluding carboxylic acids is 1. The average Bonchev–Trinajstić information content (AvgIpc) is 2.39. The van der Waals surface area contributed by atoms with Crippen molar-refractivity contribution < 1.29 is 14.7 Å². The maximum absolute atomic E-state index is 11.8. The lowest BCUT2D eigenvalue weighted by molar-refractivity contribution is -0.136. The molecule has 0 radical (unpaired) electrons. The van der Waals surface area contributed by atoms with Gasteiger partial charge in [0.25, 0.3) is 0 Å². The van der Waals surface area contributed by atoms with Gasteiger partial charge in [-0.25, -0.2) is 4.79 Å². The highest BCUT2D eigenvalue weighted by Crippen LogP contribution is 2.30. The summed E-state index contributed by atoms with van der Waals surface area (Å²) in [6, 6.07) is 6.06. The Hall–Kier alpha value is -2.04. The zero-order valence-electron chi connectivity index (χ0n) is 11.6. The van der Waals surface area contributed by atoms with Crippen molar-refractivity contribution in [3.63, 3.8) is 0 Å². The molecule has 5 nitrogen and oxygen atoms in total. The second kappa shape index (κ2) is 6.41. The summed E-state index contributed by atoms with van der Waals surface area (Å²) < 4.78 is 0. The molecule has 0 aromatic heterocycles. The lowest BCUT2D eigenvalue weighted by Gasteiger charge is -2.27. The van der Waals surface area contributed by atoms with Crippen molar-refractivity contribution in [2.24, 2.45) is 0 Å². The first-order valence-electron chi connectivity index (χ1n) is 6.92. The Labute approximate surface area is 118 Å². The maximum atomic E-state index is 11.8. The number of fused-ring (bicyclic) bond motifs is 1. The Bertz CT molecular complexity index is 514. The SMILES string of the molecule is Cc1ccc2c(c1)[C@@H](NC(=O)NCCC(=O)O)CCC2. The summed E-state index contributed by atoms with van der Waals surface area (Å²) in [5, 5.41) is 14.0. The lowest BCUT2D eigenvalue weighted by atomic mass is 9.87. The van der Waals surface area contributed by atoms with Crippen molar-refractivity contribution in [2.45, 2.75) is 38.6 Å². The molecule has 2 rings (SSSR count). The molecule has 3 N–H and O–H groups in total. The molecule has 0 bridgehead atoms. The molecule has 1 aliphatic rings. The minimum atomic E-state index is -0.913. The van der Waals surface area contributed by atoms with Gasteiger partial charge < -0.3 is 15.7 Å². The Morgan fingerprint density at radius 1 is 1.40 bits per heavy atom.